The molecule has 0 fully saturated rings. The van der Waals surface area contributed by atoms with E-state index in [0.29, 0.717) is 0 Å². The van der Waals surface area contributed by atoms with E-state index in [0.717, 1.165) is 16.8 Å². The van der Waals surface area contributed by atoms with Crippen LogP contribution in [0.5, 0.6) is 0 Å². The summed E-state index contributed by atoms with van der Waals surface area (Å²) in [7, 11) is 0. The molecule has 0 aliphatic rings. The second-order valence-corrected chi connectivity index (χ2v) is 5.40. The van der Waals surface area contributed by atoms with Gasteiger partial charge >= 0.3 is 5.97 Å². The average molecular weight is 332 g/mol. The van der Waals surface area contributed by atoms with Crippen molar-refractivity contribution in [3.05, 3.63) is 78.4 Å². The summed E-state index contributed by atoms with van der Waals surface area (Å²) in [4.78, 5) is 11.4. The quantitative estimate of drug-likeness (QED) is 0.693. The number of benzene rings is 2. The lowest BCUT2D eigenvalue weighted by Gasteiger charge is -2.06. The largest absolute Gasteiger partial charge is 0.480 e. The minimum Gasteiger partial charge on any atom is -0.480 e. The molecule has 25 heavy (non-hydrogen) atoms. The maximum atomic E-state index is 11.4. The zero-order chi connectivity index (χ0) is 17.5. The summed E-state index contributed by atoms with van der Waals surface area (Å²) < 4.78 is 0. The Hall–Kier alpha value is -3.41. The number of carboxylic acid groups (broad SMARTS) is 1. The van der Waals surface area contributed by atoms with Crippen molar-refractivity contribution in [2.24, 2.45) is 10.2 Å². The highest BCUT2D eigenvalue weighted by atomic mass is 16.4. The molecular weight excluding hydrogens is 316 g/mol. The number of aromatic nitrogens is 2. The molecule has 0 saturated heterocycles. The van der Waals surface area contributed by atoms with Crippen LogP contribution in [0.15, 0.2) is 83.0 Å². The van der Waals surface area contributed by atoms with Gasteiger partial charge in [0.15, 0.2) is 11.9 Å². The first-order chi connectivity index (χ1) is 12.2. The maximum Gasteiger partial charge on any atom is 0.330 e. The molecular formula is C19H16N4O2. The molecule has 1 aromatic heterocycles. The third kappa shape index (κ3) is 4.54. The minimum atomic E-state index is -1.03. The summed E-state index contributed by atoms with van der Waals surface area (Å²) in [5.41, 5.74) is 2.56. The Balaban J connectivity index is 1.72. The number of aliphatic carboxylic acids is 1. The van der Waals surface area contributed by atoms with Crippen LogP contribution in [0.25, 0.3) is 11.3 Å². The van der Waals surface area contributed by atoms with Crippen LogP contribution in [0.3, 0.4) is 0 Å². The van der Waals surface area contributed by atoms with Crippen molar-refractivity contribution in [3.63, 3.8) is 0 Å². The molecule has 0 amide bonds. The summed E-state index contributed by atoms with van der Waals surface area (Å²) in [5.74, 6) is -0.750. The Morgan fingerprint density at radius 3 is 2.20 bits per heavy atom. The average Bonchev–Trinajstić information content (AvgIpc) is 2.67. The van der Waals surface area contributed by atoms with Crippen molar-refractivity contribution < 1.29 is 9.90 Å². The molecule has 3 rings (SSSR count). The Bertz CT molecular complexity index is 850. The molecule has 2 aromatic carbocycles. The van der Waals surface area contributed by atoms with E-state index in [2.05, 4.69) is 20.4 Å². The van der Waals surface area contributed by atoms with E-state index in [9.17, 15) is 9.90 Å². The van der Waals surface area contributed by atoms with Crippen LogP contribution in [-0.4, -0.2) is 27.3 Å². The topological polar surface area (TPSA) is 87.8 Å². The van der Waals surface area contributed by atoms with Crippen LogP contribution in [0, 0.1) is 0 Å². The lowest BCUT2D eigenvalue weighted by Crippen LogP contribution is -2.20. The van der Waals surface area contributed by atoms with Gasteiger partial charge in [0.2, 0.25) is 0 Å². The zero-order valence-electron chi connectivity index (χ0n) is 13.4. The van der Waals surface area contributed by atoms with Gasteiger partial charge in [-0.15, -0.1) is 15.3 Å². The molecule has 0 aliphatic carbocycles. The lowest BCUT2D eigenvalue weighted by atomic mass is 10.1. The van der Waals surface area contributed by atoms with Crippen molar-refractivity contribution in [1.82, 2.24) is 10.2 Å². The Kier molecular flexibility index (Phi) is 5.21. The predicted octanol–water partition coefficient (Wildman–Crippen LogP) is 3.92. The first-order valence-corrected chi connectivity index (χ1v) is 7.79. The molecule has 6 heteroatoms. The molecule has 0 bridgehead atoms. The monoisotopic (exact) mass is 332 g/mol. The van der Waals surface area contributed by atoms with Gasteiger partial charge in [0.25, 0.3) is 0 Å². The molecule has 0 radical (unpaired) electrons. The molecule has 0 spiro atoms. The van der Waals surface area contributed by atoms with Crippen LogP contribution >= 0.6 is 0 Å². The van der Waals surface area contributed by atoms with Crippen molar-refractivity contribution in [3.8, 4) is 11.3 Å². The number of carbonyl (C=O) groups is 1. The molecule has 0 aliphatic heterocycles. The predicted molar refractivity (Wildman–Crippen MR) is 93.6 cm³/mol. The van der Waals surface area contributed by atoms with E-state index in [4.69, 9.17) is 0 Å². The number of nitrogens with zero attached hydrogens (tertiary/aromatic N) is 4. The van der Waals surface area contributed by atoms with Gasteiger partial charge in [-0.05, 0) is 17.7 Å². The Labute approximate surface area is 144 Å². The van der Waals surface area contributed by atoms with Crippen LogP contribution in [0.1, 0.15) is 5.56 Å². The smallest absolute Gasteiger partial charge is 0.330 e. The van der Waals surface area contributed by atoms with Gasteiger partial charge in [-0.25, -0.2) is 4.79 Å². The van der Waals surface area contributed by atoms with Gasteiger partial charge in [0, 0.05) is 12.0 Å². The lowest BCUT2D eigenvalue weighted by molar-refractivity contribution is -0.138. The third-order valence-corrected chi connectivity index (χ3v) is 3.58. The highest BCUT2D eigenvalue weighted by molar-refractivity contribution is 5.74. The number of hydrogen-bond acceptors (Lipinski definition) is 5. The first-order valence-electron chi connectivity index (χ1n) is 7.79. The van der Waals surface area contributed by atoms with Gasteiger partial charge in [0.05, 0.1) is 5.69 Å². The van der Waals surface area contributed by atoms with Gasteiger partial charge in [0.1, 0.15) is 0 Å². The maximum absolute atomic E-state index is 11.4. The molecule has 1 N–H and O–H groups in total. The van der Waals surface area contributed by atoms with E-state index < -0.39 is 12.0 Å². The number of carboxylic acids is 1. The van der Waals surface area contributed by atoms with E-state index >= 15 is 0 Å². The molecule has 1 atom stereocenters. The number of hydrogen-bond donors (Lipinski definition) is 1. The first kappa shape index (κ1) is 16.4. The van der Waals surface area contributed by atoms with E-state index in [1.54, 1.807) is 12.1 Å². The van der Waals surface area contributed by atoms with Gasteiger partial charge in [-0.3, -0.25) is 0 Å². The SMILES string of the molecule is O=C(O)C(Cc1ccccc1)N=Nc1ccc(-c2ccccc2)nn1. The van der Waals surface area contributed by atoms with Crippen LogP contribution in [-0.2, 0) is 11.2 Å². The van der Waals surface area contributed by atoms with Crippen molar-refractivity contribution >= 4 is 11.8 Å². The van der Waals surface area contributed by atoms with Crippen molar-refractivity contribution in [2.75, 3.05) is 0 Å². The van der Waals surface area contributed by atoms with E-state index in [1.807, 2.05) is 60.7 Å². The van der Waals surface area contributed by atoms with Crippen LogP contribution in [0.4, 0.5) is 5.82 Å². The fourth-order valence-corrected chi connectivity index (χ4v) is 2.29. The van der Waals surface area contributed by atoms with Crippen LogP contribution < -0.4 is 0 Å². The fourth-order valence-electron chi connectivity index (χ4n) is 2.29. The Morgan fingerprint density at radius 2 is 1.60 bits per heavy atom. The highest BCUT2D eigenvalue weighted by Gasteiger charge is 2.17. The fraction of sp³-hybridized carbons (Fsp3) is 0.105. The second-order valence-electron chi connectivity index (χ2n) is 5.40. The zero-order valence-corrected chi connectivity index (χ0v) is 13.4. The number of azo groups is 1. The second kappa shape index (κ2) is 7.92. The number of rotatable bonds is 6. The normalized spacial score (nSPS) is 12.2. The summed E-state index contributed by atoms with van der Waals surface area (Å²) in [5, 5.41) is 25.3. The standard InChI is InChI=1S/C19H16N4O2/c24-19(25)17(13-14-7-3-1-4-8-14)21-23-18-12-11-16(20-22-18)15-9-5-2-6-10-15/h1-12,17H,13H2,(H,24,25). The Morgan fingerprint density at radius 1 is 0.920 bits per heavy atom. The van der Waals surface area contributed by atoms with Gasteiger partial charge in [-0.1, -0.05) is 60.7 Å². The van der Waals surface area contributed by atoms with Crippen molar-refractivity contribution in [2.45, 2.75) is 12.5 Å². The minimum absolute atomic E-state index is 0.273. The summed E-state index contributed by atoms with van der Waals surface area (Å²) >= 11 is 0. The molecule has 3 aromatic rings. The molecule has 124 valence electrons. The van der Waals surface area contributed by atoms with Crippen molar-refractivity contribution in [1.29, 1.82) is 0 Å². The van der Waals surface area contributed by atoms with E-state index in [-0.39, 0.29) is 12.2 Å². The summed E-state index contributed by atoms with van der Waals surface area (Å²) in [6.45, 7) is 0. The van der Waals surface area contributed by atoms with Gasteiger partial charge < -0.3 is 5.11 Å². The summed E-state index contributed by atoms with van der Waals surface area (Å²) in [6.07, 6.45) is 0.273. The third-order valence-electron chi connectivity index (χ3n) is 3.58. The molecule has 0 saturated carbocycles. The highest BCUT2D eigenvalue weighted by Crippen LogP contribution is 2.18. The molecule has 1 unspecified atom stereocenters. The van der Waals surface area contributed by atoms with Gasteiger partial charge in [-0.2, -0.15) is 5.11 Å². The molecule has 6 nitrogen and oxygen atoms in total. The van der Waals surface area contributed by atoms with E-state index in [1.165, 1.54) is 0 Å². The molecule has 1 heterocycles. The van der Waals surface area contributed by atoms with Crippen LogP contribution in [0.2, 0.25) is 0 Å². The summed E-state index contributed by atoms with van der Waals surface area (Å²) in [6, 6.07) is 21.5.